The second-order valence-electron chi connectivity index (χ2n) is 4.72. The number of benzene rings is 1. The van der Waals surface area contributed by atoms with Crippen LogP contribution in [0, 0.1) is 0 Å². The molecule has 3 heterocycles. The summed E-state index contributed by atoms with van der Waals surface area (Å²) in [5.74, 6) is 1.59. The van der Waals surface area contributed by atoms with Crippen molar-refractivity contribution in [2.24, 2.45) is 0 Å². The molecule has 0 spiro atoms. The van der Waals surface area contributed by atoms with Crippen LogP contribution in [0.15, 0.2) is 48.9 Å². The molecule has 0 radical (unpaired) electrons. The third-order valence-electron chi connectivity index (χ3n) is 3.43. The second-order valence-corrected chi connectivity index (χ2v) is 4.72. The van der Waals surface area contributed by atoms with Gasteiger partial charge in [-0.05, 0) is 35.2 Å². The predicted molar refractivity (Wildman–Crippen MR) is 74.9 cm³/mol. The first-order valence-electron chi connectivity index (χ1n) is 6.46. The fraction of sp³-hybridized carbons (Fsp3) is 0.125. The lowest BCUT2D eigenvalue weighted by atomic mass is 10.0. The summed E-state index contributed by atoms with van der Waals surface area (Å²) in [5, 5.41) is 2.21. The highest BCUT2D eigenvalue weighted by Crippen LogP contribution is 2.36. The number of ether oxygens (including phenoxy) is 2. The molecule has 0 fully saturated rings. The molecule has 0 unspecified atom stereocenters. The maximum atomic E-state index is 5.45. The first-order chi connectivity index (χ1) is 9.90. The van der Waals surface area contributed by atoms with Crippen LogP contribution in [0.5, 0.6) is 11.5 Å². The van der Waals surface area contributed by atoms with E-state index >= 15 is 0 Å². The molecule has 4 heteroatoms. The summed E-state index contributed by atoms with van der Waals surface area (Å²) in [6, 6.07) is 10.0. The van der Waals surface area contributed by atoms with Gasteiger partial charge in [-0.2, -0.15) is 0 Å². The number of hydrogen-bond donors (Lipinski definition) is 0. The van der Waals surface area contributed by atoms with E-state index in [1.165, 1.54) is 0 Å². The Kier molecular flexibility index (Phi) is 2.52. The molecule has 98 valence electrons. The Hall–Kier alpha value is -2.62. The molecule has 0 saturated heterocycles. The largest absolute Gasteiger partial charge is 0.454 e. The highest BCUT2D eigenvalue weighted by atomic mass is 16.7. The van der Waals surface area contributed by atoms with Gasteiger partial charge in [-0.15, -0.1) is 0 Å². The average molecular weight is 264 g/mol. The first kappa shape index (κ1) is 11.2. The SMILES string of the molecule is c1cncc(Cc2nccc3cc4c(cc23)OCO4)c1. The molecule has 20 heavy (non-hydrogen) atoms. The third-order valence-corrected chi connectivity index (χ3v) is 3.43. The van der Waals surface area contributed by atoms with E-state index in [2.05, 4.69) is 16.0 Å². The Bertz CT molecular complexity index is 772. The number of hydrogen-bond acceptors (Lipinski definition) is 4. The predicted octanol–water partition coefficient (Wildman–Crippen LogP) is 2.95. The maximum Gasteiger partial charge on any atom is 0.231 e. The van der Waals surface area contributed by atoms with E-state index < -0.39 is 0 Å². The first-order valence-corrected chi connectivity index (χ1v) is 6.46. The molecule has 4 rings (SSSR count). The highest BCUT2D eigenvalue weighted by molar-refractivity contribution is 5.88. The van der Waals surface area contributed by atoms with Gasteiger partial charge in [-0.25, -0.2) is 0 Å². The molecule has 0 saturated carbocycles. The maximum absolute atomic E-state index is 5.45. The van der Waals surface area contributed by atoms with Gasteiger partial charge >= 0.3 is 0 Å². The van der Waals surface area contributed by atoms with Crippen LogP contribution in [0.1, 0.15) is 11.3 Å². The quantitative estimate of drug-likeness (QED) is 0.713. The number of fused-ring (bicyclic) bond motifs is 2. The van der Waals surface area contributed by atoms with Crippen LogP contribution in [0.25, 0.3) is 10.8 Å². The lowest BCUT2D eigenvalue weighted by Gasteiger charge is -2.07. The molecule has 1 aliphatic rings. The van der Waals surface area contributed by atoms with Crippen molar-refractivity contribution < 1.29 is 9.47 Å². The standard InChI is InChI=1S/C16H12N2O2/c1-2-11(9-17-4-1)6-14-13-8-16-15(19-10-20-16)7-12(13)3-5-18-14/h1-5,7-9H,6,10H2. The molecule has 2 aromatic heterocycles. The summed E-state index contributed by atoms with van der Waals surface area (Å²) in [5.41, 5.74) is 2.17. The van der Waals surface area contributed by atoms with Gasteiger partial charge in [0.1, 0.15) is 0 Å². The van der Waals surface area contributed by atoms with E-state index in [4.69, 9.17) is 9.47 Å². The topological polar surface area (TPSA) is 44.2 Å². The Morgan fingerprint density at radius 1 is 1.05 bits per heavy atom. The lowest BCUT2D eigenvalue weighted by Crippen LogP contribution is -1.94. The van der Waals surface area contributed by atoms with Crippen molar-refractivity contribution in [2.75, 3.05) is 6.79 Å². The minimum Gasteiger partial charge on any atom is -0.454 e. The summed E-state index contributed by atoms with van der Waals surface area (Å²) in [7, 11) is 0. The van der Waals surface area contributed by atoms with Crippen molar-refractivity contribution in [3.8, 4) is 11.5 Å². The summed E-state index contributed by atoms with van der Waals surface area (Å²) < 4.78 is 10.9. The van der Waals surface area contributed by atoms with Crippen LogP contribution >= 0.6 is 0 Å². The van der Waals surface area contributed by atoms with Gasteiger partial charge in [0, 0.05) is 30.4 Å². The normalized spacial score (nSPS) is 12.8. The van der Waals surface area contributed by atoms with Crippen molar-refractivity contribution in [1.82, 2.24) is 9.97 Å². The van der Waals surface area contributed by atoms with Crippen LogP contribution in [0.2, 0.25) is 0 Å². The molecule has 0 N–H and O–H groups in total. The molecule has 0 aliphatic carbocycles. The van der Waals surface area contributed by atoms with Gasteiger partial charge in [-0.1, -0.05) is 6.07 Å². The van der Waals surface area contributed by atoms with Gasteiger partial charge in [0.05, 0.1) is 5.69 Å². The molecule has 4 nitrogen and oxygen atoms in total. The second kappa shape index (κ2) is 4.49. The van der Waals surface area contributed by atoms with Crippen molar-refractivity contribution in [3.63, 3.8) is 0 Å². The van der Waals surface area contributed by atoms with Crippen molar-refractivity contribution in [2.45, 2.75) is 6.42 Å². The third kappa shape index (κ3) is 1.86. The minimum absolute atomic E-state index is 0.289. The van der Waals surface area contributed by atoms with Crippen molar-refractivity contribution >= 4 is 10.8 Å². The molecular formula is C16H12N2O2. The van der Waals surface area contributed by atoms with Crippen LogP contribution in [-0.4, -0.2) is 16.8 Å². The van der Waals surface area contributed by atoms with Crippen LogP contribution in [0.4, 0.5) is 0 Å². The molecule has 0 atom stereocenters. The molecule has 1 aromatic carbocycles. The minimum atomic E-state index is 0.289. The van der Waals surface area contributed by atoms with Crippen LogP contribution < -0.4 is 9.47 Å². The fourth-order valence-electron chi connectivity index (χ4n) is 2.46. The zero-order valence-corrected chi connectivity index (χ0v) is 10.7. The van der Waals surface area contributed by atoms with E-state index in [0.29, 0.717) is 0 Å². The molecule has 3 aromatic rings. The summed E-state index contributed by atoms with van der Waals surface area (Å²) >= 11 is 0. The van der Waals surface area contributed by atoms with Gasteiger partial charge in [-0.3, -0.25) is 9.97 Å². The molecule has 0 bridgehead atoms. The van der Waals surface area contributed by atoms with Gasteiger partial charge in [0.2, 0.25) is 6.79 Å². The summed E-state index contributed by atoms with van der Waals surface area (Å²) in [6.45, 7) is 0.289. The molecule has 0 amide bonds. The number of nitrogens with zero attached hydrogens (tertiary/aromatic N) is 2. The number of pyridine rings is 2. The van der Waals surface area contributed by atoms with E-state index in [0.717, 1.165) is 39.9 Å². The summed E-state index contributed by atoms with van der Waals surface area (Å²) in [6.07, 6.45) is 6.23. The average Bonchev–Trinajstić information content (AvgIpc) is 2.94. The highest BCUT2D eigenvalue weighted by Gasteiger charge is 2.15. The Morgan fingerprint density at radius 2 is 1.95 bits per heavy atom. The fourth-order valence-corrected chi connectivity index (χ4v) is 2.46. The molecule has 1 aliphatic heterocycles. The number of rotatable bonds is 2. The Morgan fingerprint density at radius 3 is 2.80 bits per heavy atom. The Labute approximate surface area is 116 Å². The van der Waals surface area contributed by atoms with Crippen molar-refractivity contribution in [1.29, 1.82) is 0 Å². The van der Waals surface area contributed by atoms with Gasteiger partial charge < -0.3 is 9.47 Å². The van der Waals surface area contributed by atoms with E-state index in [1.807, 2.05) is 36.7 Å². The summed E-state index contributed by atoms with van der Waals surface area (Å²) in [4.78, 5) is 8.65. The zero-order valence-electron chi connectivity index (χ0n) is 10.7. The zero-order chi connectivity index (χ0) is 13.4. The van der Waals surface area contributed by atoms with Crippen LogP contribution in [0.3, 0.4) is 0 Å². The van der Waals surface area contributed by atoms with Crippen LogP contribution in [-0.2, 0) is 6.42 Å². The monoisotopic (exact) mass is 264 g/mol. The molecular weight excluding hydrogens is 252 g/mol. The van der Waals surface area contributed by atoms with E-state index in [1.54, 1.807) is 6.20 Å². The van der Waals surface area contributed by atoms with E-state index in [-0.39, 0.29) is 6.79 Å². The van der Waals surface area contributed by atoms with Gasteiger partial charge in [0.15, 0.2) is 11.5 Å². The number of aromatic nitrogens is 2. The van der Waals surface area contributed by atoms with E-state index in [9.17, 15) is 0 Å². The van der Waals surface area contributed by atoms with Crippen molar-refractivity contribution in [3.05, 3.63) is 60.2 Å². The van der Waals surface area contributed by atoms with Gasteiger partial charge in [0.25, 0.3) is 0 Å². The Balaban J connectivity index is 1.83. The smallest absolute Gasteiger partial charge is 0.231 e. The lowest BCUT2D eigenvalue weighted by molar-refractivity contribution is 0.174.